The molecule has 5 heteroatoms. The normalized spacial score (nSPS) is 24.0. The fraction of sp³-hybridized carbons (Fsp3) is 0.579. The SMILES string of the molecule is COc1ccc(C2(CCC(=O)NC3CC(N=C=S)C3)CCC2)cc1. The molecule has 4 nitrogen and oxygen atoms in total. The molecule has 2 aliphatic carbocycles. The Bertz CT molecular complexity index is 627. The number of aliphatic imine (C=N–C) groups is 1. The Balaban J connectivity index is 1.50. The Morgan fingerprint density at radius 2 is 2.08 bits per heavy atom. The lowest BCUT2D eigenvalue weighted by Crippen LogP contribution is -2.46. The van der Waals surface area contributed by atoms with Gasteiger partial charge in [0, 0.05) is 12.5 Å². The smallest absolute Gasteiger partial charge is 0.220 e. The van der Waals surface area contributed by atoms with Gasteiger partial charge in [0.05, 0.1) is 18.3 Å². The van der Waals surface area contributed by atoms with Crippen molar-refractivity contribution in [1.82, 2.24) is 5.32 Å². The van der Waals surface area contributed by atoms with Crippen molar-refractivity contribution in [2.45, 2.75) is 62.4 Å². The van der Waals surface area contributed by atoms with Crippen LogP contribution in [-0.2, 0) is 10.2 Å². The summed E-state index contributed by atoms with van der Waals surface area (Å²) in [7, 11) is 1.68. The number of carbonyl (C=O) groups excluding carboxylic acids is 1. The second-order valence-electron chi connectivity index (χ2n) is 6.97. The molecular weight excluding hydrogens is 320 g/mol. The largest absolute Gasteiger partial charge is 0.497 e. The number of amides is 1. The van der Waals surface area contributed by atoms with E-state index >= 15 is 0 Å². The molecule has 1 aromatic carbocycles. The van der Waals surface area contributed by atoms with Crippen molar-refractivity contribution in [3.63, 3.8) is 0 Å². The van der Waals surface area contributed by atoms with Gasteiger partial charge >= 0.3 is 0 Å². The van der Waals surface area contributed by atoms with Gasteiger partial charge in [-0.2, -0.15) is 0 Å². The molecule has 24 heavy (non-hydrogen) atoms. The minimum atomic E-state index is 0.157. The minimum absolute atomic E-state index is 0.157. The maximum absolute atomic E-state index is 12.2. The molecule has 0 heterocycles. The molecule has 1 aromatic rings. The molecule has 0 atom stereocenters. The van der Waals surface area contributed by atoms with E-state index in [9.17, 15) is 4.79 Å². The van der Waals surface area contributed by atoms with Crippen molar-refractivity contribution in [3.8, 4) is 5.75 Å². The quantitative estimate of drug-likeness (QED) is 0.607. The van der Waals surface area contributed by atoms with Crippen molar-refractivity contribution >= 4 is 23.3 Å². The molecular formula is C19H24N2O2S. The highest BCUT2D eigenvalue weighted by molar-refractivity contribution is 7.78. The third-order valence-electron chi connectivity index (χ3n) is 5.56. The van der Waals surface area contributed by atoms with Crippen LogP contribution in [-0.4, -0.2) is 30.3 Å². The molecule has 0 bridgehead atoms. The van der Waals surface area contributed by atoms with E-state index in [0.29, 0.717) is 6.42 Å². The first-order chi connectivity index (χ1) is 11.6. The van der Waals surface area contributed by atoms with Crippen LogP contribution in [0, 0.1) is 0 Å². The van der Waals surface area contributed by atoms with Crippen LogP contribution in [0.5, 0.6) is 5.75 Å². The molecule has 0 spiro atoms. The number of methoxy groups -OCH3 is 1. The molecule has 0 saturated heterocycles. The Kier molecular flexibility index (Phi) is 5.32. The van der Waals surface area contributed by atoms with E-state index in [-0.39, 0.29) is 23.4 Å². The number of thiocarbonyl (C=S) groups is 1. The van der Waals surface area contributed by atoms with E-state index < -0.39 is 0 Å². The van der Waals surface area contributed by atoms with Crippen LogP contribution in [0.15, 0.2) is 29.3 Å². The maximum Gasteiger partial charge on any atom is 0.220 e. The molecule has 0 aliphatic heterocycles. The number of nitrogens with one attached hydrogen (secondary N) is 1. The van der Waals surface area contributed by atoms with Gasteiger partial charge in [0.25, 0.3) is 0 Å². The van der Waals surface area contributed by atoms with Gasteiger partial charge in [-0.15, -0.1) is 0 Å². The third-order valence-corrected chi connectivity index (χ3v) is 5.66. The predicted octanol–water partition coefficient (Wildman–Crippen LogP) is 3.65. The third kappa shape index (κ3) is 3.68. The van der Waals surface area contributed by atoms with Gasteiger partial charge < -0.3 is 10.1 Å². The van der Waals surface area contributed by atoms with Crippen LogP contribution >= 0.6 is 12.2 Å². The van der Waals surface area contributed by atoms with E-state index in [2.05, 4.69) is 39.8 Å². The molecule has 2 saturated carbocycles. The Morgan fingerprint density at radius 3 is 2.62 bits per heavy atom. The fourth-order valence-corrected chi connectivity index (χ4v) is 3.92. The van der Waals surface area contributed by atoms with Crippen LogP contribution in [0.2, 0.25) is 0 Å². The summed E-state index contributed by atoms with van der Waals surface area (Å²) in [5.74, 6) is 1.04. The van der Waals surface area contributed by atoms with Crippen molar-refractivity contribution in [2.75, 3.05) is 7.11 Å². The van der Waals surface area contributed by atoms with E-state index in [1.807, 2.05) is 12.1 Å². The van der Waals surface area contributed by atoms with Gasteiger partial charge in [-0.3, -0.25) is 4.79 Å². The van der Waals surface area contributed by atoms with Crippen molar-refractivity contribution < 1.29 is 9.53 Å². The number of ether oxygens (including phenoxy) is 1. The first-order valence-electron chi connectivity index (χ1n) is 8.66. The lowest BCUT2D eigenvalue weighted by molar-refractivity contribution is -0.123. The van der Waals surface area contributed by atoms with Crippen molar-refractivity contribution in [2.24, 2.45) is 4.99 Å². The number of hydrogen-bond acceptors (Lipinski definition) is 4. The second-order valence-corrected chi connectivity index (χ2v) is 7.16. The summed E-state index contributed by atoms with van der Waals surface area (Å²) in [6, 6.07) is 8.84. The molecule has 128 valence electrons. The van der Waals surface area contributed by atoms with Gasteiger partial charge in [0.1, 0.15) is 5.75 Å². The number of hydrogen-bond donors (Lipinski definition) is 1. The number of benzene rings is 1. The van der Waals surface area contributed by atoms with Crippen LogP contribution in [0.25, 0.3) is 0 Å². The molecule has 0 radical (unpaired) electrons. The summed E-state index contributed by atoms with van der Waals surface area (Å²) >= 11 is 4.61. The highest BCUT2D eigenvalue weighted by atomic mass is 32.1. The highest BCUT2D eigenvalue weighted by Crippen LogP contribution is 2.47. The summed E-state index contributed by atoms with van der Waals surface area (Å²) in [5.41, 5.74) is 1.51. The first-order valence-corrected chi connectivity index (χ1v) is 9.07. The molecule has 2 aliphatic rings. The molecule has 2 fully saturated rings. The number of isothiocyanates is 1. The van der Waals surface area contributed by atoms with Crippen molar-refractivity contribution in [1.29, 1.82) is 0 Å². The number of nitrogens with zero attached hydrogens (tertiary/aromatic N) is 1. The van der Waals surface area contributed by atoms with Crippen LogP contribution in [0.1, 0.15) is 50.5 Å². The van der Waals surface area contributed by atoms with Gasteiger partial charge in [-0.05, 0) is 67.4 Å². The molecule has 0 aromatic heterocycles. The topological polar surface area (TPSA) is 50.7 Å². The monoisotopic (exact) mass is 344 g/mol. The highest BCUT2D eigenvalue weighted by Gasteiger charge is 2.39. The van der Waals surface area contributed by atoms with Crippen LogP contribution in [0.4, 0.5) is 0 Å². The maximum atomic E-state index is 12.2. The van der Waals surface area contributed by atoms with Gasteiger partial charge in [-0.25, -0.2) is 4.99 Å². The van der Waals surface area contributed by atoms with Crippen LogP contribution < -0.4 is 10.1 Å². The molecule has 3 rings (SSSR count). The Labute approximate surface area is 148 Å². The average molecular weight is 344 g/mol. The summed E-state index contributed by atoms with van der Waals surface area (Å²) in [6.45, 7) is 0. The summed E-state index contributed by atoms with van der Waals surface area (Å²) in [5, 5.41) is 5.53. The summed E-state index contributed by atoms with van der Waals surface area (Å²) in [6.07, 6.45) is 6.86. The standard InChI is InChI=1S/C19H24N2O2S/c1-23-17-5-3-14(4-6-17)19(8-2-9-19)10-7-18(22)21-16-11-15(12-16)20-13-24/h3-6,15-16H,2,7-12H2,1H3,(H,21,22). The number of carbonyl (C=O) groups is 1. The van der Waals surface area contributed by atoms with Crippen LogP contribution in [0.3, 0.4) is 0 Å². The zero-order valence-corrected chi connectivity index (χ0v) is 14.9. The van der Waals surface area contributed by atoms with Gasteiger partial charge in [0.15, 0.2) is 0 Å². The van der Waals surface area contributed by atoms with Gasteiger partial charge in [0.2, 0.25) is 5.91 Å². The lowest BCUT2D eigenvalue weighted by Gasteiger charge is -2.43. The second kappa shape index (κ2) is 7.45. The summed E-state index contributed by atoms with van der Waals surface area (Å²) < 4.78 is 5.24. The Hall–Kier alpha value is -1.71. The van der Waals surface area contributed by atoms with E-state index in [4.69, 9.17) is 4.74 Å². The molecule has 0 unspecified atom stereocenters. The van der Waals surface area contributed by atoms with Crippen molar-refractivity contribution in [3.05, 3.63) is 29.8 Å². The minimum Gasteiger partial charge on any atom is -0.497 e. The molecule has 1 amide bonds. The van der Waals surface area contributed by atoms with E-state index in [1.54, 1.807) is 7.11 Å². The summed E-state index contributed by atoms with van der Waals surface area (Å²) in [4.78, 5) is 16.3. The fourth-order valence-electron chi connectivity index (χ4n) is 3.77. The number of rotatable bonds is 7. The first kappa shape index (κ1) is 17.1. The predicted molar refractivity (Wildman–Crippen MR) is 97.7 cm³/mol. The zero-order valence-electron chi connectivity index (χ0n) is 14.1. The molecule has 1 N–H and O–H groups in total. The van der Waals surface area contributed by atoms with E-state index in [0.717, 1.165) is 25.0 Å². The Morgan fingerprint density at radius 1 is 1.38 bits per heavy atom. The lowest BCUT2D eigenvalue weighted by atomic mass is 9.62. The average Bonchev–Trinajstić information content (AvgIpc) is 2.52. The van der Waals surface area contributed by atoms with E-state index in [1.165, 1.54) is 24.8 Å². The zero-order chi connectivity index (χ0) is 17.0. The van der Waals surface area contributed by atoms with Gasteiger partial charge in [-0.1, -0.05) is 18.6 Å².